The Kier molecular flexibility index (Phi) is 5.46. The van der Waals surface area contributed by atoms with Crippen molar-refractivity contribution in [2.24, 2.45) is 0 Å². The first-order valence-corrected chi connectivity index (χ1v) is 10.6. The summed E-state index contributed by atoms with van der Waals surface area (Å²) < 4.78 is 14.4. The van der Waals surface area contributed by atoms with Gasteiger partial charge in [0.25, 0.3) is 0 Å². The van der Waals surface area contributed by atoms with E-state index in [1.165, 1.54) is 6.20 Å². The first-order valence-electron chi connectivity index (χ1n) is 10.6. The second-order valence-electron chi connectivity index (χ2n) is 7.88. The summed E-state index contributed by atoms with van der Waals surface area (Å²) in [6.07, 6.45) is 5.68. The van der Waals surface area contributed by atoms with Gasteiger partial charge in [-0.05, 0) is 47.4 Å². The summed E-state index contributed by atoms with van der Waals surface area (Å²) in [5.74, 6) is 0.268. The van der Waals surface area contributed by atoms with E-state index in [4.69, 9.17) is 0 Å². The van der Waals surface area contributed by atoms with Crippen LogP contribution >= 0.6 is 0 Å². The van der Waals surface area contributed by atoms with Crippen LogP contribution in [0.5, 0.6) is 0 Å². The molecule has 0 saturated carbocycles. The van der Waals surface area contributed by atoms with Gasteiger partial charge in [-0.2, -0.15) is 4.98 Å². The van der Waals surface area contributed by atoms with Gasteiger partial charge in [0, 0.05) is 49.8 Å². The normalized spacial score (nSPS) is 13.0. The van der Waals surface area contributed by atoms with Crippen molar-refractivity contribution in [3.05, 3.63) is 95.5 Å². The van der Waals surface area contributed by atoms with Gasteiger partial charge in [0.15, 0.2) is 11.6 Å². The summed E-state index contributed by atoms with van der Waals surface area (Å²) in [4.78, 5) is 19.4. The third-order valence-corrected chi connectivity index (χ3v) is 5.62. The Hall–Kier alpha value is -3.87. The highest BCUT2D eigenvalue weighted by molar-refractivity contribution is 5.63. The average Bonchev–Trinajstić information content (AvgIpc) is 2.83. The van der Waals surface area contributed by atoms with Crippen molar-refractivity contribution < 1.29 is 4.39 Å². The number of hydrogen-bond donors (Lipinski definition) is 1. The van der Waals surface area contributed by atoms with Crippen molar-refractivity contribution in [1.82, 2.24) is 19.9 Å². The van der Waals surface area contributed by atoms with Crippen LogP contribution in [0.1, 0.15) is 22.5 Å². The smallest absolute Gasteiger partial charge is 0.227 e. The fourth-order valence-electron chi connectivity index (χ4n) is 3.90. The van der Waals surface area contributed by atoms with E-state index in [2.05, 4.69) is 54.4 Å². The minimum absolute atomic E-state index is 0.209. The molecule has 1 aliphatic rings. The van der Waals surface area contributed by atoms with E-state index in [0.717, 1.165) is 46.6 Å². The topological polar surface area (TPSA) is 66.8 Å². The van der Waals surface area contributed by atoms with E-state index in [9.17, 15) is 4.39 Å². The Morgan fingerprint density at radius 3 is 2.72 bits per heavy atom. The lowest BCUT2D eigenvalue weighted by molar-refractivity contribution is 0.611. The van der Waals surface area contributed by atoms with Gasteiger partial charge in [-0.1, -0.05) is 30.3 Å². The zero-order chi connectivity index (χ0) is 21.9. The molecule has 7 heteroatoms. The number of fused-ring (bicyclic) bond motifs is 1. The van der Waals surface area contributed by atoms with E-state index in [0.29, 0.717) is 19.0 Å². The van der Waals surface area contributed by atoms with E-state index in [-0.39, 0.29) is 5.82 Å². The third kappa shape index (κ3) is 4.27. The monoisotopic (exact) mass is 426 g/mol. The molecular formula is C25H23FN6. The molecular weight excluding hydrogens is 403 g/mol. The van der Waals surface area contributed by atoms with Crippen molar-refractivity contribution in [1.29, 1.82) is 0 Å². The molecule has 1 aliphatic heterocycles. The van der Waals surface area contributed by atoms with Crippen molar-refractivity contribution >= 4 is 11.8 Å². The maximum absolute atomic E-state index is 14.4. The quantitative estimate of drug-likeness (QED) is 0.505. The average molecular weight is 426 g/mol. The van der Waals surface area contributed by atoms with Gasteiger partial charge in [-0.15, -0.1) is 0 Å². The first-order chi connectivity index (χ1) is 15.7. The molecule has 0 bridgehead atoms. The Morgan fingerprint density at radius 1 is 1.00 bits per heavy atom. The lowest BCUT2D eigenvalue weighted by atomic mass is 10.0. The van der Waals surface area contributed by atoms with E-state index >= 15 is 0 Å². The minimum Gasteiger partial charge on any atom is -0.363 e. The highest BCUT2D eigenvalue weighted by atomic mass is 19.1. The lowest BCUT2D eigenvalue weighted by Gasteiger charge is -2.28. The molecule has 0 atom stereocenters. The molecule has 32 heavy (non-hydrogen) atoms. The van der Waals surface area contributed by atoms with Gasteiger partial charge >= 0.3 is 0 Å². The molecule has 5 rings (SSSR count). The molecule has 160 valence electrons. The van der Waals surface area contributed by atoms with Crippen LogP contribution in [0.25, 0.3) is 11.1 Å². The highest BCUT2D eigenvalue weighted by Crippen LogP contribution is 2.23. The zero-order valence-electron chi connectivity index (χ0n) is 17.8. The molecule has 1 aromatic carbocycles. The summed E-state index contributed by atoms with van der Waals surface area (Å²) in [6, 6.07) is 16.2. The number of pyridine rings is 2. The van der Waals surface area contributed by atoms with Crippen LogP contribution in [0.2, 0.25) is 0 Å². The number of halogens is 1. The minimum atomic E-state index is -0.461. The third-order valence-electron chi connectivity index (χ3n) is 5.62. The molecule has 6 nitrogen and oxygen atoms in total. The Morgan fingerprint density at radius 2 is 1.88 bits per heavy atom. The van der Waals surface area contributed by atoms with E-state index < -0.39 is 5.82 Å². The van der Waals surface area contributed by atoms with Crippen molar-refractivity contribution in [3.63, 3.8) is 0 Å². The molecule has 0 fully saturated rings. The van der Waals surface area contributed by atoms with Gasteiger partial charge in [-0.25, -0.2) is 9.37 Å². The van der Waals surface area contributed by atoms with Gasteiger partial charge in [0.2, 0.25) is 5.95 Å². The summed E-state index contributed by atoms with van der Waals surface area (Å²) in [6.45, 7) is 3.87. The number of benzene rings is 1. The molecule has 4 aromatic rings. The van der Waals surface area contributed by atoms with Gasteiger partial charge < -0.3 is 10.2 Å². The fourth-order valence-corrected chi connectivity index (χ4v) is 3.90. The molecule has 0 saturated heterocycles. The van der Waals surface area contributed by atoms with Crippen molar-refractivity contribution in [2.45, 2.75) is 26.4 Å². The summed E-state index contributed by atoms with van der Waals surface area (Å²) in [5, 5.41) is 3.12. The molecule has 0 aliphatic carbocycles. The van der Waals surface area contributed by atoms with Crippen LogP contribution in [-0.4, -0.2) is 26.5 Å². The molecule has 0 spiro atoms. The standard InChI is InChI=1S/C25H23FN6/c1-17-13-20(8-11-27-17)19-6-4-18(5-7-19)14-29-24-22(26)15-30-25(31-24)32-12-9-23-21(16-32)3-2-10-28-23/h2-8,10-11,13,15H,9,12,14,16H2,1H3,(H,29,30,31). The van der Waals surface area contributed by atoms with Crippen LogP contribution in [0.3, 0.4) is 0 Å². The number of aryl methyl sites for hydroxylation is 1. The fraction of sp³-hybridized carbons (Fsp3) is 0.200. The first kappa shape index (κ1) is 20.1. The number of hydrogen-bond acceptors (Lipinski definition) is 6. The Bertz CT molecular complexity index is 1240. The highest BCUT2D eigenvalue weighted by Gasteiger charge is 2.20. The van der Waals surface area contributed by atoms with Gasteiger partial charge in [0.1, 0.15) is 0 Å². The van der Waals surface area contributed by atoms with Crippen LogP contribution < -0.4 is 10.2 Å². The Balaban J connectivity index is 1.28. The predicted molar refractivity (Wildman–Crippen MR) is 123 cm³/mol. The predicted octanol–water partition coefficient (Wildman–Crippen LogP) is 4.56. The van der Waals surface area contributed by atoms with Crippen LogP contribution in [0.4, 0.5) is 16.2 Å². The number of aromatic nitrogens is 4. The summed E-state index contributed by atoms with van der Waals surface area (Å²) in [5.41, 5.74) is 6.53. The second kappa shape index (κ2) is 8.70. The van der Waals surface area contributed by atoms with Crippen molar-refractivity contribution in [2.75, 3.05) is 16.8 Å². The van der Waals surface area contributed by atoms with Crippen LogP contribution in [0.15, 0.2) is 67.1 Å². The van der Waals surface area contributed by atoms with E-state index in [1.54, 1.807) is 0 Å². The number of rotatable bonds is 5. The molecule has 0 radical (unpaired) electrons. The molecule has 0 unspecified atom stereocenters. The van der Waals surface area contributed by atoms with Crippen molar-refractivity contribution in [3.8, 4) is 11.1 Å². The SMILES string of the molecule is Cc1cc(-c2ccc(CNc3nc(N4CCc5ncccc5C4)ncc3F)cc2)ccn1. The number of anilines is 2. The molecule has 3 aromatic heterocycles. The summed E-state index contributed by atoms with van der Waals surface area (Å²) in [7, 11) is 0. The second-order valence-corrected chi connectivity index (χ2v) is 7.88. The van der Waals surface area contributed by atoms with Gasteiger partial charge in [-0.3, -0.25) is 9.97 Å². The van der Waals surface area contributed by atoms with Crippen LogP contribution in [0, 0.1) is 12.7 Å². The largest absolute Gasteiger partial charge is 0.363 e. The van der Waals surface area contributed by atoms with Crippen LogP contribution in [-0.2, 0) is 19.5 Å². The maximum atomic E-state index is 14.4. The van der Waals surface area contributed by atoms with E-state index in [1.807, 2.05) is 43.6 Å². The molecule has 0 amide bonds. The zero-order valence-corrected chi connectivity index (χ0v) is 17.8. The number of nitrogens with zero attached hydrogens (tertiary/aromatic N) is 5. The van der Waals surface area contributed by atoms with Gasteiger partial charge in [0.05, 0.1) is 6.20 Å². The molecule has 4 heterocycles. The molecule has 1 N–H and O–H groups in total. The Labute approximate surface area is 186 Å². The number of nitrogens with one attached hydrogen (secondary N) is 1. The summed E-state index contributed by atoms with van der Waals surface area (Å²) >= 11 is 0. The lowest BCUT2D eigenvalue weighted by Crippen LogP contribution is -2.32. The maximum Gasteiger partial charge on any atom is 0.227 e.